The molecule has 0 radical (unpaired) electrons. The molecule has 4 aromatic rings. The quantitative estimate of drug-likeness (QED) is 0.550. The van der Waals surface area contributed by atoms with E-state index in [9.17, 15) is 18.0 Å². The Labute approximate surface area is 169 Å². The molecule has 0 saturated carbocycles. The van der Waals surface area contributed by atoms with Gasteiger partial charge in [0, 0.05) is 29.2 Å². The van der Waals surface area contributed by atoms with Gasteiger partial charge in [-0.2, -0.15) is 13.2 Å². The summed E-state index contributed by atoms with van der Waals surface area (Å²) < 4.78 is 38.8. The van der Waals surface area contributed by atoms with Crippen molar-refractivity contribution >= 4 is 11.6 Å². The number of carbonyl (C=O) groups excluding carboxylic acids is 1. The van der Waals surface area contributed by atoms with Crippen LogP contribution in [0.25, 0.3) is 28.2 Å². The van der Waals surface area contributed by atoms with Crippen LogP contribution >= 0.6 is 0 Å². The summed E-state index contributed by atoms with van der Waals surface area (Å²) in [5, 5.41) is 1.87. The van der Waals surface area contributed by atoms with Gasteiger partial charge in [-0.25, -0.2) is 4.98 Å². The average Bonchev–Trinajstić information content (AvgIpc) is 3.15. The van der Waals surface area contributed by atoms with Gasteiger partial charge in [0.2, 0.25) is 0 Å². The van der Waals surface area contributed by atoms with Gasteiger partial charge in [0.15, 0.2) is 0 Å². The Balaban J connectivity index is 1.76. The van der Waals surface area contributed by atoms with Gasteiger partial charge in [-0.15, -0.1) is 0 Å². The number of rotatable bonds is 4. The standard InChI is InChI=1S/C21H16F3N5O/c1-13-4-2-6-16(28-13)19-15(5-3-9-25-19)14-7-8-18-26-10-17(29(18)11-14)20(30)27-12-21(22,23)24/h2-11H,12H2,1H3,(H,27,30). The van der Waals surface area contributed by atoms with Crippen LogP contribution in [0.4, 0.5) is 13.2 Å². The van der Waals surface area contributed by atoms with E-state index in [2.05, 4.69) is 15.0 Å². The minimum Gasteiger partial charge on any atom is -0.342 e. The molecule has 0 aliphatic rings. The van der Waals surface area contributed by atoms with Gasteiger partial charge in [0.1, 0.15) is 17.9 Å². The number of imidazole rings is 1. The smallest absolute Gasteiger partial charge is 0.342 e. The summed E-state index contributed by atoms with van der Waals surface area (Å²) in [7, 11) is 0. The molecule has 4 heterocycles. The monoisotopic (exact) mass is 411 g/mol. The second-order valence-electron chi connectivity index (χ2n) is 6.65. The molecule has 4 rings (SSSR count). The normalized spacial score (nSPS) is 11.6. The number of carbonyl (C=O) groups is 1. The Morgan fingerprint density at radius 3 is 2.70 bits per heavy atom. The molecule has 152 valence electrons. The average molecular weight is 411 g/mol. The van der Waals surface area contributed by atoms with E-state index in [1.165, 1.54) is 10.6 Å². The molecule has 0 atom stereocenters. The van der Waals surface area contributed by atoms with E-state index in [-0.39, 0.29) is 5.69 Å². The van der Waals surface area contributed by atoms with E-state index < -0.39 is 18.6 Å². The molecule has 1 amide bonds. The predicted octanol–water partition coefficient (Wildman–Crippen LogP) is 4.06. The first kappa shape index (κ1) is 19.6. The van der Waals surface area contributed by atoms with E-state index in [1.54, 1.807) is 24.5 Å². The highest BCUT2D eigenvalue weighted by Crippen LogP contribution is 2.29. The van der Waals surface area contributed by atoms with Gasteiger partial charge in [-0.3, -0.25) is 19.2 Å². The van der Waals surface area contributed by atoms with E-state index in [0.29, 0.717) is 17.0 Å². The Morgan fingerprint density at radius 2 is 1.93 bits per heavy atom. The summed E-state index contributed by atoms with van der Waals surface area (Å²) in [6, 6.07) is 12.8. The summed E-state index contributed by atoms with van der Waals surface area (Å²) in [6.07, 6.45) is 0.0690. The first-order valence-corrected chi connectivity index (χ1v) is 9.03. The van der Waals surface area contributed by atoms with E-state index in [4.69, 9.17) is 0 Å². The molecule has 4 aromatic heterocycles. The number of fused-ring (bicyclic) bond motifs is 1. The molecule has 6 nitrogen and oxygen atoms in total. The number of hydrogen-bond acceptors (Lipinski definition) is 4. The van der Waals surface area contributed by atoms with Gasteiger partial charge in [0.25, 0.3) is 5.91 Å². The Hall–Kier alpha value is -3.75. The second kappa shape index (κ2) is 7.58. The first-order valence-electron chi connectivity index (χ1n) is 9.03. The van der Waals surface area contributed by atoms with Crippen LogP contribution < -0.4 is 5.32 Å². The second-order valence-corrected chi connectivity index (χ2v) is 6.65. The molecule has 0 aromatic carbocycles. The van der Waals surface area contributed by atoms with E-state index >= 15 is 0 Å². The van der Waals surface area contributed by atoms with Crippen LogP contribution in [-0.4, -0.2) is 38.0 Å². The van der Waals surface area contributed by atoms with Gasteiger partial charge in [-0.05, 0) is 37.3 Å². The van der Waals surface area contributed by atoms with Crippen LogP contribution in [0.5, 0.6) is 0 Å². The molecule has 0 spiro atoms. The van der Waals surface area contributed by atoms with Crippen molar-refractivity contribution in [2.24, 2.45) is 0 Å². The zero-order chi connectivity index (χ0) is 21.3. The number of alkyl halides is 3. The maximum atomic E-state index is 12.4. The van der Waals surface area contributed by atoms with Gasteiger partial charge in [-0.1, -0.05) is 12.1 Å². The van der Waals surface area contributed by atoms with E-state index in [0.717, 1.165) is 16.8 Å². The lowest BCUT2D eigenvalue weighted by Gasteiger charge is -2.11. The lowest BCUT2D eigenvalue weighted by molar-refractivity contribution is -0.123. The fourth-order valence-electron chi connectivity index (χ4n) is 3.10. The van der Waals surface area contributed by atoms with Crippen molar-refractivity contribution in [3.05, 3.63) is 72.4 Å². The molecule has 30 heavy (non-hydrogen) atoms. The molecule has 0 unspecified atom stereocenters. The van der Waals surface area contributed by atoms with Crippen LogP contribution in [0.15, 0.2) is 61.1 Å². The first-order chi connectivity index (χ1) is 14.3. The molecule has 0 bridgehead atoms. The molecular weight excluding hydrogens is 395 g/mol. The lowest BCUT2D eigenvalue weighted by atomic mass is 10.0. The summed E-state index contributed by atoms with van der Waals surface area (Å²) >= 11 is 0. The highest BCUT2D eigenvalue weighted by atomic mass is 19.4. The third-order valence-electron chi connectivity index (χ3n) is 4.44. The fraction of sp³-hybridized carbons (Fsp3) is 0.143. The summed E-state index contributed by atoms with van der Waals surface area (Å²) in [5.74, 6) is -0.858. The van der Waals surface area contributed by atoms with Crippen LogP contribution in [-0.2, 0) is 0 Å². The molecule has 0 aliphatic heterocycles. The number of aromatic nitrogens is 4. The van der Waals surface area contributed by atoms with Crippen molar-refractivity contribution in [1.29, 1.82) is 0 Å². The topological polar surface area (TPSA) is 72.2 Å². The van der Waals surface area contributed by atoms with Crippen LogP contribution in [0, 0.1) is 6.92 Å². The number of amides is 1. The fourth-order valence-corrected chi connectivity index (χ4v) is 3.10. The zero-order valence-electron chi connectivity index (χ0n) is 15.8. The highest BCUT2D eigenvalue weighted by Gasteiger charge is 2.28. The zero-order valence-corrected chi connectivity index (χ0v) is 15.8. The molecule has 9 heteroatoms. The minimum absolute atomic E-state index is 0.00946. The third-order valence-corrected chi connectivity index (χ3v) is 4.44. The van der Waals surface area contributed by atoms with Crippen molar-refractivity contribution in [3.63, 3.8) is 0 Å². The lowest BCUT2D eigenvalue weighted by Crippen LogP contribution is -2.34. The predicted molar refractivity (Wildman–Crippen MR) is 105 cm³/mol. The van der Waals surface area contributed by atoms with Crippen molar-refractivity contribution in [1.82, 2.24) is 24.7 Å². The number of pyridine rings is 3. The third kappa shape index (κ3) is 4.00. The summed E-state index contributed by atoms with van der Waals surface area (Å²) in [4.78, 5) is 25.3. The minimum atomic E-state index is -4.49. The molecule has 0 fully saturated rings. The SMILES string of the molecule is Cc1cccc(-c2ncccc2-c2ccc3ncc(C(=O)NCC(F)(F)F)n3c2)n1. The molecule has 1 N–H and O–H groups in total. The number of nitrogens with zero attached hydrogens (tertiary/aromatic N) is 4. The van der Waals surface area contributed by atoms with Crippen molar-refractivity contribution < 1.29 is 18.0 Å². The van der Waals surface area contributed by atoms with Crippen LogP contribution in [0.2, 0.25) is 0 Å². The van der Waals surface area contributed by atoms with Crippen molar-refractivity contribution in [2.75, 3.05) is 6.54 Å². The summed E-state index contributed by atoms with van der Waals surface area (Å²) in [6.45, 7) is 0.472. The van der Waals surface area contributed by atoms with Crippen molar-refractivity contribution in [3.8, 4) is 22.5 Å². The van der Waals surface area contributed by atoms with Gasteiger partial charge >= 0.3 is 6.18 Å². The van der Waals surface area contributed by atoms with Gasteiger partial charge in [0.05, 0.1) is 17.6 Å². The summed E-state index contributed by atoms with van der Waals surface area (Å²) in [5.41, 5.74) is 4.14. The number of nitrogens with one attached hydrogen (secondary N) is 1. The molecular formula is C21H16F3N5O. The Bertz CT molecular complexity index is 1230. The maximum absolute atomic E-state index is 12.4. The number of halogens is 3. The van der Waals surface area contributed by atoms with Crippen LogP contribution in [0.3, 0.4) is 0 Å². The van der Waals surface area contributed by atoms with Crippen molar-refractivity contribution in [2.45, 2.75) is 13.1 Å². The van der Waals surface area contributed by atoms with Gasteiger partial charge < -0.3 is 5.32 Å². The molecule has 0 aliphatic carbocycles. The van der Waals surface area contributed by atoms with Crippen LogP contribution in [0.1, 0.15) is 16.2 Å². The van der Waals surface area contributed by atoms with E-state index in [1.807, 2.05) is 42.6 Å². The highest BCUT2D eigenvalue weighted by molar-refractivity contribution is 5.93. The Morgan fingerprint density at radius 1 is 1.10 bits per heavy atom. The molecule has 0 saturated heterocycles. The Kier molecular flexibility index (Phi) is 4.94. The maximum Gasteiger partial charge on any atom is 0.405 e. The number of hydrogen-bond donors (Lipinski definition) is 1. The largest absolute Gasteiger partial charge is 0.405 e. The number of aryl methyl sites for hydroxylation is 1.